The molecule has 0 radical (unpaired) electrons. The van der Waals surface area contributed by atoms with Gasteiger partial charge in [-0.25, -0.2) is 9.59 Å². The third-order valence-electron chi connectivity index (χ3n) is 5.63. The zero-order chi connectivity index (χ0) is 22.7. The number of carbonyl (C=O) groups is 3. The van der Waals surface area contributed by atoms with Crippen LogP contribution >= 0.6 is 11.6 Å². The second-order valence-corrected chi connectivity index (χ2v) is 7.80. The lowest BCUT2D eigenvalue weighted by atomic mass is 10.0. The number of halogens is 1. The van der Waals surface area contributed by atoms with Crippen molar-refractivity contribution in [2.45, 2.75) is 19.9 Å². The highest BCUT2D eigenvalue weighted by Gasteiger charge is 2.34. The highest BCUT2D eigenvalue weighted by molar-refractivity contribution is 6.31. The first kappa shape index (κ1) is 22.8. The molecule has 0 saturated carbocycles. The first-order valence-electron chi connectivity index (χ1n) is 9.93. The van der Waals surface area contributed by atoms with E-state index in [0.29, 0.717) is 59.3 Å². The van der Waals surface area contributed by atoms with E-state index in [1.807, 2.05) is 11.0 Å². The average molecular weight is 448 g/mol. The van der Waals surface area contributed by atoms with Gasteiger partial charge in [0.25, 0.3) is 5.91 Å². The normalized spacial score (nSPS) is 15.5. The lowest BCUT2D eigenvalue weighted by Crippen LogP contribution is -2.51. The van der Waals surface area contributed by atoms with Gasteiger partial charge in [-0.2, -0.15) is 0 Å². The van der Waals surface area contributed by atoms with Crippen molar-refractivity contribution in [3.05, 3.63) is 57.4 Å². The molecule has 0 bridgehead atoms. The molecule has 8 nitrogen and oxygen atoms in total. The van der Waals surface area contributed by atoms with E-state index in [-0.39, 0.29) is 5.91 Å². The van der Waals surface area contributed by atoms with Crippen LogP contribution in [-0.4, -0.2) is 73.0 Å². The molecule has 1 atom stereocenters. The van der Waals surface area contributed by atoms with E-state index in [2.05, 4.69) is 4.98 Å². The number of carbonyl (C=O) groups excluding carboxylic acids is 3. The number of amides is 1. The second kappa shape index (κ2) is 9.53. The van der Waals surface area contributed by atoms with Crippen molar-refractivity contribution in [3.8, 4) is 0 Å². The molecule has 166 valence electrons. The van der Waals surface area contributed by atoms with Crippen LogP contribution in [0, 0.1) is 13.8 Å². The van der Waals surface area contributed by atoms with Crippen molar-refractivity contribution in [3.63, 3.8) is 0 Å². The fourth-order valence-electron chi connectivity index (χ4n) is 3.99. The molecular formula is C22H26ClN3O5. The lowest BCUT2D eigenvalue weighted by molar-refractivity contribution is -0.148. The summed E-state index contributed by atoms with van der Waals surface area (Å²) in [4.78, 5) is 44.3. The first-order chi connectivity index (χ1) is 14.8. The zero-order valence-corrected chi connectivity index (χ0v) is 18.8. The Balaban J connectivity index is 1.77. The topological polar surface area (TPSA) is 91.9 Å². The monoisotopic (exact) mass is 447 g/mol. The van der Waals surface area contributed by atoms with Crippen molar-refractivity contribution < 1.29 is 23.9 Å². The molecule has 1 aromatic carbocycles. The Bertz CT molecular complexity index is 995. The van der Waals surface area contributed by atoms with Crippen LogP contribution in [0.3, 0.4) is 0 Å². The largest absolute Gasteiger partial charge is 0.468 e. The fourth-order valence-corrected chi connectivity index (χ4v) is 4.23. The van der Waals surface area contributed by atoms with Gasteiger partial charge in [0, 0.05) is 36.9 Å². The summed E-state index contributed by atoms with van der Waals surface area (Å²) in [7, 11) is 2.66. The summed E-state index contributed by atoms with van der Waals surface area (Å²) in [5.74, 6) is -1.06. The molecule has 1 aromatic heterocycles. The molecule has 1 amide bonds. The van der Waals surface area contributed by atoms with Crippen LogP contribution in [0.15, 0.2) is 24.3 Å². The Morgan fingerprint density at radius 1 is 1.03 bits per heavy atom. The number of methoxy groups -OCH3 is 2. The Morgan fingerprint density at radius 2 is 1.68 bits per heavy atom. The summed E-state index contributed by atoms with van der Waals surface area (Å²) >= 11 is 6.33. The van der Waals surface area contributed by atoms with Crippen molar-refractivity contribution >= 4 is 29.4 Å². The van der Waals surface area contributed by atoms with Gasteiger partial charge in [0.2, 0.25) is 0 Å². The molecule has 0 spiro atoms. The van der Waals surface area contributed by atoms with E-state index in [1.165, 1.54) is 14.2 Å². The highest BCUT2D eigenvalue weighted by atomic mass is 35.5. The third kappa shape index (κ3) is 4.45. The number of benzene rings is 1. The fraction of sp³-hybridized carbons (Fsp3) is 0.409. The number of hydrogen-bond acceptors (Lipinski definition) is 6. The minimum absolute atomic E-state index is 0.192. The number of ether oxygens (including phenoxy) is 2. The summed E-state index contributed by atoms with van der Waals surface area (Å²) < 4.78 is 9.83. The number of aryl methyl sites for hydroxylation is 1. The van der Waals surface area contributed by atoms with Gasteiger partial charge in [-0.05, 0) is 31.0 Å². The van der Waals surface area contributed by atoms with Gasteiger partial charge in [-0.1, -0.05) is 29.8 Å². The van der Waals surface area contributed by atoms with Crippen LogP contribution in [0.1, 0.15) is 43.7 Å². The van der Waals surface area contributed by atoms with Crippen LogP contribution in [0.5, 0.6) is 0 Å². The van der Waals surface area contributed by atoms with Crippen LogP contribution in [0.4, 0.5) is 0 Å². The minimum atomic E-state index is -0.642. The standard InChI is InChI=1S/C22H26ClN3O5/c1-13-17(21(28)30-3)14(2)24-18(13)20(27)26-11-9-25(10-12-26)19(22(29)31-4)15-7-5-6-8-16(15)23/h5-8,19,24H,9-12H2,1-4H3. The molecule has 1 aliphatic rings. The third-order valence-corrected chi connectivity index (χ3v) is 5.98. The minimum Gasteiger partial charge on any atom is -0.468 e. The van der Waals surface area contributed by atoms with Crippen LogP contribution in [-0.2, 0) is 14.3 Å². The number of piperazine rings is 1. The van der Waals surface area contributed by atoms with E-state index >= 15 is 0 Å². The van der Waals surface area contributed by atoms with Gasteiger partial charge in [-0.3, -0.25) is 9.69 Å². The zero-order valence-electron chi connectivity index (χ0n) is 18.0. The SMILES string of the molecule is COC(=O)c1c(C)[nH]c(C(=O)N2CCN(C(C(=O)OC)c3ccccc3Cl)CC2)c1C. The maximum absolute atomic E-state index is 13.1. The highest BCUT2D eigenvalue weighted by Crippen LogP contribution is 2.30. The maximum atomic E-state index is 13.1. The van der Waals surface area contributed by atoms with E-state index in [1.54, 1.807) is 36.9 Å². The molecule has 1 aliphatic heterocycles. The summed E-state index contributed by atoms with van der Waals surface area (Å²) in [6.45, 7) is 5.24. The summed E-state index contributed by atoms with van der Waals surface area (Å²) in [6, 6.07) is 6.53. The number of hydrogen-bond donors (Lipinski definition) is 1. The predicted octanol–water partition coefficient (Wildman–Crippen LogP) is 2.74. The van der Waals surface area contributed by atoms with E-state index < -0.39 is 18.0 Å². The second-order valence-electron chi connectivity index (χ2n) is 7.39. The molecule has 9 heteroatoms. The quantitative estimate of drug-likeness (QED) is 0.708. The number of nitrogens with zero attached hydrogens (tertiary/aromatic N) is 2. The van der Waals surface area contributed by atoms with E-state index in [9.17, 15) is 14.4 Å². The molecule has 1 fully saturated rings. The van der Waals surface area contributed by atoms with Gasteiger partial charge >= 0.3 is 11.9 Å². The Morgan fingerprint density at radius 3 is 2.26 bits per heavy atom. The van der Waals surface area contributed by atoms with Crippen molar-refractivity contribution in [1.29, 1.82) is 0 Å². The van der Waals surface area contributed by atoms with Gasteiger partial charge in [0.05, 0.1) is 19.8 Å². The average Bonchev–Trinajstić information content (AvgIpc) is 3.08. The molecular weight excluding hydrogens is 422 g/mol. The first-order valence-corrected chi connectivity index (χ1v) is 10.3. The van der Waals surface area contributed by atoms with Crippen LogP contribution < -0.4 is 0 Å². The van der Waals surface area contributed by atoms with Crippen molar-refractivity contribution in [2.75, 3.05) is 40.4 Å². The smallest absolute Gasteiger partial charge is 0.339 e. The Kier molecular flexibility index (Phi) is 7.02. The molecule has 31 heavy (non-hydrogen) atoms. The number of nitrogens with one attached hydrogen (secondary N) is 1. The summed E-state index contributed by atoms with van der Waals surface area (Å²) in [5, 5.41) is 0.490. The molecule has 2 aromatic rings. The van der Waals surface area contributed by atoms with E-state index in [4.69, 9.17) is 21.1 Å². The van der Waals surface area contributed by atoms with Crippen LogP contribution in [0.2, 0.25) is 5.02 Å². The number of aromatic amines is 1. The molecule has 1 saturated heterocycles. The molecule has 1 unspecified atom stereocenters. The van der Waals surface area contributed by atoms with Crippen LogP contribution in [0.25, 0.3) is 0 Å². The maximum Gasteiger partial charge on any atom is 0.339 e. The predicted molar refractivity (Wildman–Crippen MR) is 115 cm³/mol. The lowest BCUT2D eigenvalue weighted by Gasteiger charge is -2.38. The Labute approximate surface area is 186 Å². The van der Waals surface area contributed by atoms with Crippen molar-refractivity contribution in [1.82, 2.24) is 14.8 Å². The summed E-state index contributed by atoms with van der Waals surface area (Å²) in [5.41, 5.74) is 2.60. The number of aromatic nitrogens is 1. The number of esters is 2. The molecule has 3 rings (SSSR count). The molecule has 1 N–H and O–H groups in total. The number of H-pyrrole nitrogens is 1. The van der Waals surface area contributed by atoms with Gasteiger partial charge in [0.15, 0.2) is 0 Å². The molecule has 0 aliphatic carbocycles. The number of rotatable bonds is 5. The van der Waals surface area contributed by atoms with Gasteiger partial charge in [-0.15, -0.1) is 0 Å². The Hall–Kier alpha value is -2.84. The van der Waals surface area contributed by atoms with Gasteiger partial charge in [0.1, 0.15) is 11.7 Å². The van der Waals surface area contributed by atoms with E-state index in [0.717, 1.165) is 0 Å². The van der Waals surface area contributed by atoms with Gasteiger partial charge < -0.3 is 19.4 Å². The summed E-state index contributed by atoms with van der Waals surface area (Å²) in [6.07, 6.45) is 0. The van der Waals surface area contributed by atoms with Crippen molar-refractivity contribution in [2.24, 2.45) is 0 Å². The molecule has 2 heterocycles.